The largest absolute Gasteiger partial charge is 0.454 e. The van der Waals surface area contributed by atoms with Crippen LogP contribution in [0.3, 0.4) is 0 Å². The number of halogens is 2. The molecule has 1 aromatic heterocycles. The monoisotopic (exact) mass is 448 g/mol. The quantitative estimate of drug-likeness (QED) is 0.538. The van der Waals surface area contributed by atoms with Gasteiger partial charge in [0.25, 0.3) is 5.56 Å². The maximum atomic E-state index is 12.0. The number of nitrogens with one attached hydrogen (secondary N) is 2. The number of benzene rings is 2. The van der Waals surface area contributed by atoms with E-state index in [-0.39, 0.29) is 21.5 Å². The van der Waals surface area contributed by atoms with E-state index in [9.17, 15) is 14.4 Å². The van der Waals surface area contributed by atoms with Crippen LogP contribution >= 0.6 is 23.2 Å². The van der Waals surface area contributed by atoms with E-state index in [4.69, 9.17) is 27.9 Å². The first kappa shape index (κ1) is 21.8. The van der Waals surface area contributed by atoms with Gasteiger partial charge in [0.15, 0.2) is 12.0 Å². The van der Waals surface area contributed by atoms with Gasteiger partial charge in [-0.15, -0.1) is 0 Å². The summed E-state index contributed by atoms with van der Waals surface area (Å²) >= 11 is 12.7. The Hall–Kier alpha value is -2.94. The zero-order valence-electron chi connectivity index (χ0n) is 16.2. The number of hydrogen-bond acceptors (Lipinski definition) is 6. The van der Waals surface area contributed by atoms with E-state index in [0.717, 1.165) is 28.3 Å². The molecule has 0 bridgehead atoms. The van der Waals surface area contributed by atoms with Crippen LogP contribution in [0.5, 0.6) is 11.5 Å². The summed E-state index contributed by atoms with van der Waals surface area (Å²) in [6, 6.07) is 6.39. The van der Waals surface area contributed by atoms with Crippen molar-refractivity contribution in [2.45, 2.75) is 13.3 Å². The molecule has 3 aromatic rings. The van der Waals surface area contributed by atoms with Crippen LogP contribution in [0.2, 0.25) is 10.0 Å². The molecule has 0 spiro atoms. The Bertz CT molecular complexity index is 1200. The molecule has 156 valence electrons. The van der Waals surface area contributed by atoms with Gasteiger partial charge in [0.2, 0.25) is 0 Å². The van der Waals surface area contributed by atoms with Gasteiger partial charge in [-0.2, -0.15) is 9.78 Å². The highest BCUT2D eigenvalue weighted by Gasteiger charge is 2.15. The molecule has 0 amide bonds. The molecule has 0 fully saturated rings. The Labute approximate surface area is 181 Å². The van der Waals surface area contributed by atoms with Crippen molar-refractivity contribution >= 4 is 29.5 Å². The van der Waals surface area contributed by atoms with E-state index in [1.165, 1.54) is 12.1 Å². The number of rotatable bonds is 7. The van der Waals surface area contributed by atoms with Crippen LogP contribution in [0.4, 0.5) is 0 Å². The minimum atomic E-state index is -0.724. The lowest BCUT2D eigenvalue weighted by molar-refractivity contribution is 0.112. The Balaban J connectivity index is 1.99. The third-order valence-corrected chi connectivity index (χ3v) is 4.93. The van der Waals surface area contributed by atoms with E-state index in [0.29, 0.717) is 24.3 Å². The second-order valence-electron chi connectivity index (χ2n) is 6.48. The molecule has 0 radical (unpaired) electrons. The maximum absolute atomic E-state index is 12.0. The summed E-state index contributed by atoms with van der Waals surface area (Å²) in [4.78, 5) is 36.7. The molecule has 8 nitrogen and oxygen atoms in total. The van der Waals surface area contributed by atoms with Crippen molar-refractivity contribution < 1.29 is 9.53 Å². The summed E-state index contributed by atoms with van der Waals surface area (Å²) in [6.07, 6.45) is 2.44. The molecule has 0 aliphatic carbocycles. The number of aldehydes is 1. The zero-order chi connectivity index (χ0) is 21.8. The molecule has 0 aliphatic heterocycles. The van der Waals surface area contributed by atoms with Crippen molar-refractivity contribution in [3.63, 3.8) is 0 Å². The van der Waals surface area contributed by atoms with Gasteiger partial charge in [0.1, 0.15) is 11.9 Å². The fraction of sp³-hybridized carbons (Fsp3) is 0.200. The van der Waals surface area contributed by atoms with Gasteiger partial charge in [-0.05, 0) is 62.3 Å². The van der Waals surface area contributed by atoms with E-state index < -0.39 is 11.2 Å². The number of nitrogens with zero attached hydrogens (tertiary/aromatic N) is 2. The number of ether oxygens (including phenoxy) is 1. The van der Waals surface area contributed by atoms with Crippen molar-refractivity contribution in [2.75, 3.05) is 13.6 Å². The van der Waals surface area contributed by atoms with Crippen LogP contribution in [0.15, 0.2) is 40.1 Å². The van der Waals surface area contributed by atoms with Crippen molar-refractivity contribution in [3.05, 3.63) is 78.0 Å². The lowest BCUT2D eigenvalue weighted by Gasteiger charge is -2.15. The topological polar surface area (TPSA) is 106 Å². The van der Waals surface area contributed by atoms with Gasteiger partial charge in [-0.3, -0.25) is 14.6 Å². The average molecular weight is 449 g/mol. The van der Waals surface area contributed by atoms with Crippen LogP contribution in [-0.4, -0.2) is 34.6 Å². The van der Waals surface area contributed by atoms with E-state index in [1.807, 2.05) is 14.0 Å². The minimum absolute atomic E-state index is 0.145. The molecule has 3 rings (SSSR count). The average Bonchev–Trinajstić information content (AvgIpc) is 2.68. The predicted octanol–water partition coefficient (Wildman–Crippen LogP) is 2.90. The van der Waals surface area contributed by atoms with E-state index in [1.54, 1.807) is 12.1 Å². The van der Waals surface area contributed by atoms with Crippen molar-refractivity contribution in [2.24, 2.45) is 0 Å². The van der Waals surface area contributed by atoms with Crippen LogP contribution < -0.4 is 21.3 Å². The summed E-state index contributed by atoms with van der Waals surface area (Å²) in [5.41, 5.74) is 1.15. The molecule has 0 aliphatic rings. The number of carbonyl (C=O) groups is 1. The first-order valence-corrected chi connectivity index (χ1v) is 9.69. The lowest BCUT2D eigenvalue weighted by atomic mass is 10.00. The van der Waals surface area contributed by atoms with Gasteiger partial charge in [-0.1, -0.05) is 23.2 Å². The summed E-state index contributed by atoms with van der Waals surface area (Å²) in [6.45, 7) is 2.51. The molecule has 0 saturated heterocycles. The number of aromatic nitrogens is 3. The van der Waals surface area contributed by atoms with Gasteiger partial charge in [-0.25, -0.2) is 4.79 Å². The maximum Gasteiger partial charge on any atom is 0.349 e. The summed E-state index contributed by atoms with van der Waals surface area (Å²) in [7, 11) is 1.83. The fourth-order valence-corrected chi connectivity index (χ4v) is 3.50. The van der Waals surface area contributed by atoms with Crippen molar-refractivity contribution in [1.29, 1.82) is 0 Å². The highest BCUT2D eigenvalue weighted by atomic mass is 35.5. The highest BCUT2D eigenvalue weighted by molar-refractivity contribution is 6.37. The van der Waals surface area contributed by atoms with Crippen LogP contribution in [0.1, 0.15) is 21.5 Å². The summed E-state index contributed by atoms with van der Waals surface area (Å²) in [5, 5.41) is 7.12. The van der Waals surface area contributed by atoms with E-state index >= 15 is 0 Å². The third-order valence-electron chi connectivity index (χ3n) is 4.37. The minimum Gasteiger partial charge on any atom is -0.454 e. The van der Waals surface area contributed by atoms with Gasteiger partial charge in [0, 0.05) is 5.56 Å². The van der Waals surface area contributed by atoms with Gasteiger partial charge < -0.3 is 10.1 Å². The van der Waals surface area contributed by atoms with Crippen LogP contribution in [0.25, 0.3) is 5.69 Å². The fourth-order valence-electron chi connectivity index (χ4n) is 2.95. The molecule has 0 atom stereocenters. The smallest absolute Gasteiger partial charge is 0.349 e. The molecule has 0 saturated carbocycles. The van der Waals surface area contributed by atoms with Crippen LogP contribution in [-0.2, 0) is 6.42 Å². The molecular weight excluding hydrogens is 431 g/mol. The Morgan fingerprint density at radius 1 is 1.20 bits per heavy atom. The molecule has 10 heteroatoms. The molecule has 30 heavy (non-hydrogen) atoms. The second kappa shape index (κ2) is 9.25. The number of aromatic amines is 1. The lowest BCUT2D eigenvalue weighted by Crippen LogP contribution is -2.30. The normalized spacial score (nSPS) is 10.8. The Morgan fingerprint density at radius 3 is 2.50 bits per heavy atom. The highest BCUT2D eigenvalue weighted by Crippen LogP contribution is 2.38. The first-order chi connectivity index (χ1) is 14.3. The number of likely N-dealkylation sites (N-methyl/N-ethyl adjacent to an activating group) is 1. The summed E-state index contributed by atoms with van der Waals surface area (Å²) in [5.74, 6) is 0.664. The molecule has 2 N–H and O–H groups in total. The van der Waals surface area contributed by atoms with Crippen molar-refractivity contribution in [3.8, 4) is 17.2 Å². The second-order valence-corrected chi connectivity index (χ2v) is 7.29. The molecular formula is C20H18Cl2N4O4. The molecule has 1 heterocycles. The standard InChI is InChI=1S/C20H18Cl2N4O4/c1-11-5-14(6-12(3-4-23-2)15(11)10-27)30-19-16(21)7-13(8-17(19)22)26-20(29)25-18(28)9-24-26/h5-10,23H,3-4H2,1-2H3,(H,25,28,29). The van der Waals surface area contributed by atoms with Crippen molar-refractivity contribution in [1.82, 2.24) is 20.1 Å². The van der Waals surface area contributed by atoms with Crippen LogP contribution in [0, 0.1) is 6.92 Å². The SMILES string of the molecule is CNCCc1cc(Oc2c(Cl)cc(-n3ncc(=O)[nH]c3=O)cc2Cl)cc(C)c1C=O. The number of H-pyrrole nitrogens is 1. The Kier molecular flexibility index (Phi) is 6.71. The number of aryl methyl sites for hydroxylation is 1. The number of carbonyl (C=O) groups excluding carboxylic acids is 1. The predicted molar refractivity (Wildman–Crippen MR) is 115 cm³/mol. The molecule has 0 unspecified atom stereocenters. The van der Waals surface area contributed by atoms with Gasteiger partial charge in [0.05, 0.1) is 15.7 Å². The Morgan fingerprint density at radius 2 is 1.90 bits per heavy atom. The summed E-state index contributed by atoms with van der Waals surface area (Å²) < 4.78 is 6.88. The van der Waals surface area contributed by atoms with E-state index in [2.05, 4.69) is 15.4 Å². The first-order valence-electron chi connectivity index (χ1n) is 8.93. The number of hydrogen-bond donors (Lipinski definition) is 2. The third kappa shape index (κ3) is 4.62. The molecule has 2 aromatic carbocycles. The zero-order valence-corrected chi connectivity index (χ0v) is 17.7. The van der Waals surface area contributed by atoms with Gasteiger partial charge >= 0.3 is 5.69 Å².